The highest BCUT2D eigenvalue weighted by atomic mass is 16.3. The molecule has 6 rings (SSSR count). The van der Waals surface area contributed by atoms with Gasteiger partial charge in [0.05, 0.1) is 17.3 Å². The number of hydrogen-bond donors (Lipinski definition) is 1. The minimum Gasteiger partial charge on any atom is -0.453 e. The number of carbonyl (C=O) groups is 3. The molecule has 6 heterocycles. The Labute approximate surface area is 210 Å². The van der Waals surface area contributed by atoms with Crippen LogP contribution < -0.4 is 0 Å². The van der Waals surface area contributed by atoms with E-state index in [-0.39, 0.29) is 24.6 Å². The smallest absolute Gasteiger partial charge is 0.295 e. The first-order valence-electron chi connectivity index (χ1n) is 11.9. The first-order valence-corrected chi connectivity index (χ1v) is 11.9. The molecule has 1 aliphatic rings. The van der Waals surface area contributed by atoms with Gasteiger partial charge >= 0.3 is 0 Å². The molecule has 0 bridgehead atoms. The lowest BCUT2D eigenvalue weighted by molar-refractivity contribution is -0.127. The quantitative estimate of drug-likeness (QED) is 0.300. The van der Waals surface area contributed by atoms with Crippen molar-refractivity contribution >= 4 is 39.5 Å². The SMILES string of the molecule is Cc1cnc(-c2cc3ccncc3o2)c2[nH]cc(C(=O)C(=O)N3CCN(C(=O)c4ccccn4)CC3)c12. The van der Waals surface area contributed by atoms with Crippen molar-refractivity contribution < 1.29 is 18.8 Å². The minimum absolute atomic E-state index is 0.187. The molecule has 0 atom stereocenters. The van der Waals surface area contributed by atoms with Gasteiger partial charge in [-0.25, -0.2) is 0 Å². The Bertz CT molecular complexity index is 1630. The van der Waals surface area contributed by atoms with Crippen molar-refractivity contribution in [2.45, 2.75) is 6.92 Å². The van der Waals surface area contributed by atoms with E-state index in [1.54, 1.807) is 54.1 Å². The summed E-state index contributed by atoms with van der Waals surface area (Å²) >= 11 is 0. The van der Waals surface area contributed by atoms with Crippen LogP contribution in [0.15, 0.2) is 65.7 Å². The summed E-state index contributed by atoms with van der Waals surface area (Å²) in [5.74, 6) is -0.857. The van der Waals surface area contributed by atoms with Crippen molar-refractivity contribution in [3.63, 3.8) is 0 Å². The molecule has 0 unspecified atom stereocenters. The molecule has 10 heteroatoms. The van der Waals surface area contributed by atoms with Crippen molar-refractivity contribution in [2.75, 3.05) is 26.2 Å². The highest BCUT2D eigenvalue weighted by Crippen LogP contribution is 2.33. The third-order valence-electron chi connectivity index (χ3n) is 6.63. The molecule has 1 N–H and O–H groups in total. The zero-order valence-electron chi connectivity index (χ0n) is 20.0. The number of piperazine rings is 1. The van der Waals surface area contributed by atoms with Crippen LogP contribution in [0.25, 0.3) is 33.3 Å². The Morgan fingerprint density at radius 2 is 1.78 bits per heavy atom. The molecule has 5 aromatic rings. The van der Waals surface area contributed by atoms with Crippen LogP contribution >= 0.6 is 0 Å². The molecule has 0 spiro atoms. The maximum Gasteiger partial charge on any atom is 0.295 e. The lowest BCUT2D eigenvalue weighted by Gasteiger charge is -2.34. The number of nitrogens with zero attached hydrogens (tertiary/aromatic N) is 5. The summed E-state index contributed by atoms with van der Waals surface area (Å²) in [6, 6.07) is 8.88. The van der Waals surface area contributed by atoms with Crippen LogP contribution in [0.1, 0.15) is 26.4 Å². The van der Waals surface area contributed by atoms with Gasteiger partial charge in [0.2, 0.25) is 0 Å². The number of amides is 2. The summed E-state index contributed by atoms with van der Waals surface area (Å²) in [5.41, 5.74) is 3.20. The number of aromatic nitrogens is 4. The maximum absolute atomic E-state index is 13.3. The lowest BCUT2D eigenvalue weighted by atomic mass is 10.0. The molecule has 0 aliphatic carbocycles. The van der Waals surface area contributed by atoms with Crippen molar-refractivity contribution in [2.24, 2.45) is 0 Å². The summed E-state index contributed by atoms with van der Waals surface area (Å²) in [6.45, 7) is 3.04. The lowest BCUT2D eigenvalue weighted by Crippen LogP contribution is -2.52. The monoisotopic (exact) mass is 494 g/mol. The van der Waals surface area contributed by atoms with Crippen LogP contribution in [0.4, 0.5) is 0 Å². The Balaban J connectivity index is 1.24. The maximum atomic E-state index is 13.3. The van der Waals surface area contributed by atoms with Crippen molar-refractivity contribution in [1.29, 1.82) is 0 Å². The standard InChI is InChI=1S/C27H22N6O4/c1-16-13-30-23(20-12-17-5-7-28-15-21(17)37-20)24-22(16)18(14-31-24)25(34)27(36)33-10-8-32(9-11-33)26(35)19-4-2-3-6-29-19/h2-7,12-15,31H,8-11H2,1H3. The predicted octanol–water partition coefficient (Wildman–Crippen LogP) is 3.24. The topological polar surface area (TPSA) is 125 Å². The highest BCUT2D eigenvalue weighted by molar-refractivity contribution is 6.45. The van der Waals surface area contributed by atoms with Gasteiger partial charge in [0, 0.05) is 61.7 Å². The van der Waals surface area contributed by atoms with Crippen LogP contribution in [0.5, 0.6) is 0 Å². The molecule has 0 aromatic carbocycles. The molecule has 1 aliphatic heterocycles. The molecule has 0 saturated carbocycles. The van der Waals surface area contributed by atoms with Gasteiger partial charge in [-0.05, 0) is 36.8 Å². The summed E-state index contributed by atoms with van der Waals surface area (Å²) in [7, 11) is 0. The molecular formula is C27H22N6O4. The predicted molar refractivity (Wildman–Crippen MR) is 135 cm³/mol. The minimum atomic E-state index is -0.607. The van der Waals surface area contributed by atoms with E-state index in [1.807, 2.05) is 19.1 Å². The Kier molecular flexibility index (Phi) is 5.48. The van der Waals surface area contributed by atoms with E-state index < -0.39 is 11.7 Å². The number of pyridine rings is 3. The number of H-pyrrole nitrogens is 1. The number of rotatable bonds is 4. The highest BCUT2D eigenvalue weighted by Gasteiger charge is 2.31. The second kappa shape index (κ2) is 8.98. The van der Waals surface area contributed by atoms with E-state index >= 15 is 0 Å². The summed E-state index contributed by atoms with van der Waals surface area (Å²) in [6.07, 6.45) is 8.11. The van der Waals surface area contributed by atoms with Crippen LogP contribution in [0.2, 0.25) is 0 Å². The van der Waals surface area contributed by atoms with Crippen molar-refractivity contribution in [1.82, 2.24) is 29.7 Å². The number of aromatic amines is 1. The average molecular weight is 495 g/mol. The first-order chi connectivity index (χ1) is 18.0. The number of hydrogen-bond acceptors (Lipinski definition) is 7. The second-order valence-corrected chi connectivity index (χ2v) is 8.89. The molecule has 184 valence electrons. The van der Waals surface area contributed by atoms with Gasteiger partial charge < -0.3 is 19.2 Å². The van der Waals surface area contributed by atoms with Crippen LogP contribution in [0.3, 0.4) is 0 Å². The molecule has 5 aromatic heterocycles. The van der Waals surface area contributed by atoms with Gasteiger partial charge in [-0.1, -0.05) is 6.07 Å². The van der Waals surface area contributed by atoms with Crippen molar-refractivity contribution in [3.8, 4) is 11.5 Å². The molecular weight excluding hydrogens is 472 g/mol. The average Bonchev–Trinajstić information content (AvgIpc) is 3.58. The van der Waals surface area contributed by atoms with E-state index in [1.165, 1.54) is 4.90 Å². The third kappa shape index (κ3) is 3.92. The zero-order chi connectivity index (χ0) is 25.5. The van der Waals surface area contributed by atoms with Crippen LogP contribution in [-0.4, -0.2) is 73.5 Å². The largest absolute Gasteiger partial charge is 0.453 e. The fourth-order valence-electron chi connectivity index (χ4n) is 4.70. The summed E-state index contributed by atoms with van der Waals surface area (Å²) in [4.78, 5) is 58.2. The number of ketones is 1. The fraction of sp³-hybridized carbons (Fsp3) is 0.185. The van der Waals surface area contributed by atoms with Gasteiger partial charge in [0.1, 0.15) is 11.4 Å². The van der Waals surface area contributed by atoms with Crippen LogP contribution in [-0.2, 0) is 4.79 Å². The van der Waals surface area contributed by atoms with Gasteiger partial charge in [0.25, 0.3) is 17.6 Å². The number of furan rings is 1. The second-order valence-electron chi connectivity index (χ2n) is 8.89. The zero-order valence-corrected chi connectivity index (χ0v) is 20.0. The number of carbonyl (C=O) groups excluding carboxylic acids is 3. The van der Waals surface area contributed by atoms with Gasteiger partial charge in [0.15, 0.2) is 11.3 Å². The van der Waals surface area contributed by atoms with Gasteiger partial charge in [-0.3, -0.25) is 29.3 Å². The van der Waals surface area contributed by atoms with Gasteiger partial charge in [-0.15, -0.1) is 0 Å². The van der Waals surface area contributed by atoms with E-state index in [9.17, 15) is 14.4 Å². The van der Waals surface area contributed by atoms with E-state index in [2.05, 4.69) is 19.9 Å². The normalized spacial score (nSPS) is 13.9. The number of aryl methyl sites for hydroxylation is 1. The van der Waals surface area contributed by atoms with Gasteiger partial charge in [-0.2, -0.15) is 0 Å². The molecule has 0 radical (unpaired) electrons. The van der Waals surface area contributed by atoms with Crippen LogP contribution in [0, 0.1) is 6.92 Å². The van der Waals surface area contributed by atoms with Crippen molar-refractivity contribution in [3.05, 3.63) is 78.1 Å². The summed E-state index contributed by atoms with van der Waals surface area (Å²) in [5, 5.41) is 1.52. The van der Waals surface area contributed by atoms with E-state index in [4.69, 9.17) is 4.42 Å². The Hall–Kier alpha value is -4.86. The molecule has 10 nitrogen and oxygen atoms in total. The number of nitrogens with one attached hydrogen (secondary N) is 1. The first kappa shape index (κ1) is 22.6. The number of Topliss-reactive ketones (excluding diaryl/α,β-unsaturated/α-hetero) is 1. The van der Waals surface area contributed by atoms with E-state index in [0.717, 1.165) is 10.9 Å². The fourth-order valence-corrected chi connectivity index (χ4v) is 4.70. The van der Waals surface area contributed by atoms with E-state index in [0.29, 0.717) is 46.7 Å². The molecule has 37 heavy (non-hydrogen) atoms. The number of fused-ring (bicyclic) bond motifs is 2. The third-order valence-corrected chi connectivity index (χ3v) is 6.63. The molecule has 1 fully saturated rings. The summed E-state index contributed by atoms with van der Waals surface area (Å²) < 4.78 is 5.93. The Morgan fingerprint density at radius 3 is 2.54 bits per heavy atom. The molecule has 2 amide bonds. The molecule has 1 saturated heterocycles. The Morgan fingerprint density at radius 1 is 0.973 bits per heavy atom.